The van der Waals surface area contributed by atoms with E-state index < -0.39 is 21.2 Å². The summed E-state index contributed by atoms with van der Waals surface area (Å²) in [4.78, 5) is 10.6. The van der Waals surface area contributed by atoms with Crippen molar-refractivity contribution >= 4 is 15.8 Å². The Hall–Kier alpha value is -1.37. The summed E-state index contributed by atoms with van der Waals surface area (Å²) in [6.07, 6.45) is 1.67. The minimum Gasteiger partial charge on any atom is -0.481 e. The number of carboxylic acids is 1. The van der Waals surface area contributed by atoms with Crippen LogP contribution in [0.25, 0.3) is 0 Å². The quantitative estimate of drug-likeness (QED) is 0.899. The third-order valence-electron chi connectivity index (χ3n) is 3.63. The third kappa shape index (κ3) is 2.65. The normalized spacial score (nSPS) is 21.7. The lowest BCUT2D eigenvalue weighted by Gasteiger charge is -2.12. The van der Waals surface area contributed by atoms with Crippen LogP contribution in [-0.4, -0.2) is 35.0 Å². The number of sulfone groups is 1. The minimum atomic E-state index is -3.11. The Morgan fingerprint density at radius 2 is 2.16 bits per heavy atom. The Bertz CT molecular complexity index is 603. The van der Waals surface area contributed by atoms with Gasteiger partial charge in [-0.15, -0.1) is 0 Å². The average molecular weight is 286 g/mol. The van der Waals surface area contributed by atoms with Crippen LogP contribution in [0.4, 0.5) is 0 Å². The highest BCUT2D eigenvalue weighted by Gasteiger charge is 2.35. The van der Waals surface area contributed by atoms with E-state index in [-0.39, 0.29) is 12.2 Å². The van der Waals surface area contributed by atoms with Crippen molar-refractivity contribution in [1.29, 1.82) is 0 Å². The molecule has 2 rings (SSSR count). The van der Waals surface area contributed by atoms with Gasteiger partial charge in [0, 0.05) is 12.1 Å². The van der Waals surface area contributed by atoms with Gasteiger partial charge in [0.05, 0.1) is 11.4 Å². The summed E-state index contributed by atoms with van der Waals surface area (Å²) < 4.78 is 25.5. The van der Waals surface area contributed by atoms with E-state index in [1.54, 1.807) is 11.6 Å². The van der Waals surface area contributed by atoms with Crippen LogP contribution in [0.2, 0.25) is 0 Å². The molecule has 1 aromatic heterocycles. The van der Waals surface area contributed by atoms with Gasteiger partial charge < -0.3 is 5.11 Å². The number of carbonyl (C=O) groups is 1. The van der Waals surface area contributed by atoms with E-state index in [4.69, 9.17) is 5.11 Å². The molecule has 0 amide bonds. The Kier molecular flexibility index (Phi) is 3.66. The first-order chi connectivity index (χ1) is 8.83. The number of aromatic nitrogens is 2. The Balaban J connectivity index is 2.33. The van der Waals surface area contributed by atoms with Gasteiger partial charge in [-0.05, 0) is 38.7 Å². The highest BCUT2D eigenvalue weighted by atomic mass is 32.2. The summed E-state index contributed by atoms with van der Waals surface area (Å²) in [6.45, 7) is 3.60. The maximum atomic E-state index is 11.9. The second-order valence-corrected chi connectivity index (χ2v) is 7.23. The van der Waals surface area contributed by atoms with E-state index in [1.807, 2.05) is 6.92 Å². The lowest BCUT2D eigenvalue weighted by molar-refractivity contribution is -0.136. The lowest BCUT2D eigenvalue weighted by Crippen LogP contribution is -2.18. The van der Waals surface area contributed by atoms with Crippen LogP contribution in [0.5, 0.6) is 0 Å². The second-order valence-electron chi connectivity index (χ2n) is 4.95. The fraction of sp³-hybridized carbons (Fsp3) is 0.667. The molecule has 1 aromatic rings. The molecule has 0 radical (unpaired) electrons. The smallest absolute Gasteiger partial charge is 0.303 e. The second kappa shape index (κ2) is 4.96. The van der Waals surface area contributed by atoms with Gasteiger partial charge in [-0.25, -0.2) is 8.42 Å². The molecule has 1 aliphatic rings. The Labute approximate surface area is 112 Å². The van der Waals surface area contributed by atoms with Gasteiger partial charge in [-0.2, -0.15) is 5.10 Å². The van der Waals surface area contributed by atoms with Crippen LogP contribution in [-0.2, 0) is 21.1 Å². The van der Waals surface area contributed by atoms with Crippen LogP contribution >= 0.6 is 0 Å². The Morgan fingerprint density at radius 1 is 1.47 bits per heavy atom. The molecule has 19 heavy (non-hydrogen) atoms. The van der Waals surface area contributed by atoms with Gasteiger partial charge in [-0.1, -0.05) is 0 Å². The zero-order valence-corrected chi connectivity index (χ0v) is 11.9. The summed E-state index contributed by atoms with van der Waals surface area (Å²) >= 11 is 0. The van der Waals surface area contributed by atoms with Crippen molar-refractivity contribution in [3.05, 3.63) is 17.0 Å². The predicted molar refractivity (Wildman–Crippen MR) is 69.7 cm³/mol. The number of carboxylic acid groups (broad SMARTS) is 1. The molecule has 6 nitrogen and oxygen atoms in total. The van der Waals surface area contributed by atoms with Crippen molar-refractivity contribution in [3.8, 4) is 0 Å². The molecule has 0 bridgehead atoms. The summed E-state index contributed by atoms with van der Waals surface area (Å²) in [5.74, 6) is -0.652. The van der Waals surface area contributed by atoms with E-state index >= 15 is 0 Å². The van der Waals surface area contributed by atoms with Crippen molar-refractivity contribution in [2.24, 2.45) is 0 Å². The molecule has 1 aliphatic heterocycles. The molecule has 0 saturated carbocycles. The molecule has 1 unspecified atom stereocenters. The number of aliphatic carboxylic acids is 1. The molecular formula is C12H18N2O4S. The SMILES string of the molecule is Cc1nn(C2CCCS2(=O)=O)c(C)c1CCC(=O)O. The zero-order valence-electron chi connectivity index (χ0n) is 11.1. The van der Waals surface area contributed by atoms with Gasteiger partial charge in [0.2, 0.25) is 0 Å². The largest absolute Gasteiger partial charge is 0.481 e. The summed E-state index contributed by atoms with van der Waals surface area (Å²) in [7, 11) is -3.11. The maximum absolute atomic E-state index is 11.9. The van der Waals surface area contributed by atoms with E-state index in [9.17, 15) is 13.2 Å². The number of rotatable bonds is 4. The number of hydrogen-bond acceptors (Lipinski definition) is 4. The third-order valence-corrected chi connectivity index (χ3v) is 5.75. The Morgan fingerprint density at radius 3 is 2.68 bits per heavy atom. The van der Waals surface area contributed by atoms with Crippen LogP contribution in [0.15, 0.2) is 0 Å². The van der Waals surface area contributed by atoms with E-state index in [2.05, 4.69) is 5.10 Å². The van der Waals surface area contributed by atoms with Crippen molar-refractivity contribution in [2.45, 2.75) is 44.9 Å². The molecule has 0 aromatic carbocycles. The van der Waals surface area contributed by atoms with Crippen molar-refractivity contribution in [1.82, 2.24) is 9.78 Å². The highest BCUT2D eigenvalue weighted by molar-refractivity contribution is 7.91. The minimum absolute atomic E-state index is 0.0325. The van der Waals surface area contributed by atoms with Crippen molar-refractivity contribution < 1.29 is 18.3 Å². The molecule has 1 fully saturated rings. The summed E-state index contributed by atoms with van der Waals surface area (Å²) in [5, 5.41) is 12.5. The number of hydrogen-bond donors (Lipinski definition) is 1. The van der Waals surface area contributed by atoms with Crippen LogP contribution in [0.1, 0.15) is 41.6 Å². The summed E-state index contributed by atoms with van der Waals surface area (Å²) in [5.41, 5.74) is 2.35. The molecule has 1 atom stereocenters. The fourth-order valence-corrected chi connectivity index (χ4v) is 4.50. The molecular weight excluding hydrogens is 268 g/mol. The first kappa shape index (κ1) is 14.0. The molecule has 0 aliphatic carbocycles. The van der Waals surface area contributed by atoms with Gasteiger partial charge in [0.15, 0.2) is 15.2 Å². The van der Waals surface area contributed by atoms with Crippen LogP contribution < -0.4 is 0 Å². The number of nitrogens with zero attached hydrogens (tertiary/aromatic N) is 2. The first-order valence-electron chi connectivity index (χ1n) is 6.31. The molecule has 1 N–H and O–H groups in total. The number of aryl methyl sites for hydroxylation is 1. The van der Waals surface area contributed by atoms with E-state index in [1.165, 1.54) is 0 Å². The van der Waals surface area contributed by atoms with Crippen molar-refractivity contribution in [3.63, 3.8) is 0 Å². The predicted octanol–water partition coefficient (Wildman–Crippen LogP) is 1.22. The molecule has 106 valence electrons. The zero-order chi connectivity index (χ0) is 14.2. The van der Waals surface area contributed by atoms with E-state index in [0.29, 0.717) is 19.3 Å². The average Bonchev–Trinajstić information content (AvgIpc) is 2.77. The lowest BCUT2D eigenvalue weighted by atomic mass is 10.1. The molecule has 0 spiro atoms. The standard InChI is InChI=1S/C12H18N2O4S/c1-8-10(5-6-12(15)16)9(2)14(13-8)11-4-3-7-19(11,17)18/h11H,3-7H2,1-2H3,(H,15,16). The van der Waals surface area contributed by atoms with E-state index in [0.717, 1.165) is 17.0 Å². The van der Waals surface area contributed by atoms with Crippen LogP contribution in [0, 0.1) is 13.8 Å². The fourth-order valence-electron chi connectivity index (χ4n) is 2.62. The molecule has 1 saturated heterocycles. The van der Waals surface area contributed by atoms with Gasteiger partial charge >= 0.3 is 5.97 Å². The molecule has 7 heteroatoms. The molecule has 2 heterocycles. The van der Waals surface area contributed by atoms with Gasteiger partial charge in [0.1, 0.15) is 0 Å². The van der Waals surface area contributed by atoms with Gasteiger partial charge in [0.25, 0.3) is 0 Å². The van der Waals surface area contributed by atoms with Gasteiger partial charge in [-0.3, -0.25) is 9.48 Å². The highest BCUT2D eigenvalue weighted by Crippen LogP contribution is 2.32. The topological polar surface area (TPSA) is 89.3 Å². The maximum Gasteiger partial charge on any atom is 0.303 e. The van der Waals surface area contributed by atoms with Crippen molar-refractivity contribution in [2.75, 3.05) is 5.75 Å². The monoisotopic (exact) mass is 286 g/mol. The van der Waals surface area contributed by atoms with Crippen LogP contribution in [0.3, 0.4) is 0 Å². The first-order valence-corrected chi connectivity index (χ1v) is 8.02. The summed E-state index contributed by atoms with van der Waals surface area (Å²) in [6, 6.07) is 0.